The monoisotopic (exact) mass is 336 g/mol. The van der Waals surface area contributed by atoms with E-state index in [1.165, 1.54) is 24.6 Å². The van der Waals surface area contributed by atoms with E-state index in [2.05, 4.69) is 37.5 Å². The van der Waals surface area contributed by atoms with E-state index in [1.54, 1.807) is 0 Å². The molecule has 0 N–H and O–H groups in total. The van der Waals surface area contributed by atoms with Crippen LogP contribution >= 0.6 is 23.5 Å². The van der Waals surface area contributed by atoms with Crippen LogP contribution in [0.2, 0.25) is 0 Å². The van der Waals surface area contributed by atoms with Gasteiger partial charge < -0.3 is 14.5 Å². The molecular weight excluding hydrogens is 300 g/mol. The number of nitrogens with zero attached hydrogens (tertiary/aromatic N) is 2. The lowest BCUT2D eigenvalue weighted by molar-refractivity contribution is 0.167. The van der Waals surface area contributed by atoms with E-state index in [1.807, 2.05) is 23.5 Å². The lowest BCUT2D eigenvalue weighted by Crippen LogP contribution is -2.25. The van der Waals surface area contributed by atoms with Gasteiger partial charge in [0.05, 0.1) is 13.2 Å². The van der Waals surface area contributed by atoms with E-state index in [-0.39, 0.29) is 0 Å². The number of hydrogen-bond donors (Lipinski definition) is 0. The molecule has 0 aliphatic rings. The zero-order valence-electron chi connectivity index (χ0n) is 14.6. The summed E-state index contributed by atoms with van der Waals surface area (Å²) in [6.45, 7) is 17.8. The molecule has 21 heavy (non-hydrogen) atoms. The maximum atomic E-state index is 5.68. The molecule has 0 aromatic rings. The highest BCUT2D eigenvalue weighted by molar-refractivity contribution is 7.99. The maximum Gasteiger partial charge on any atom is 0.0557 e. The predicted octanol–water partition coefficient (Wildman–Crippen LogP) is 3.15. The Morgan fingerprint density at radius 2 is 1.00 bits per heavy atom. The van der Waals surface area contributed by atoms with Gasteiger partial charge in [-0.15, -0.1) is 0 Å². The van der Waals surface area contributed by atoms with Gasteiger partial charge in [0.15, 0.2) is 0 Å². The third-order valence-electron chi connectivity index (χ3n) is 3.64. The highest BCUT2D eigenvalue weighted by Crippen LogP contribution is 2.03. The Balaban J connectivity index is 3.15. The van der Waals surface area contributed by atoms with Crippen LogP contribution in [0, 0.1) is 0 Å². The summed E-state index contributed by atoms with van der Waals surface area (Å²) in [7, 11) is 0. The summed E-state index contributed by atoms with van der Waals surface area (Å²) >= 11 is 4.02. The van der Waals surface area contributed by atoms with Crippen LogP contribution in [0.15, 0.2) is 0 Å². The third kappa shape index (κ3) is 13.9. The fourth-order valence-corrected chi connectivity index (χ4v) is 3.66. The predicted molar refractivity (Wildman–Crippen MR) is 101 cm³/mol. The van der Waals surface area contributed by atoms with Crippen molar-refractivity contribution in [2.45, 2.75) is 27.7 Å². The van der Waals surface area contributed by atoms with Crippen LogP contribution in [0.4, 0.5) is 0 Å². The molecule has 0 amide bonds. The third-order valence-corrected chi connectivity index (χ3v) is 5.49. The van der Waals surface area contributed by atoms with Crippen molar-refractivity contribution in [2.24, 2.45) is 0 Å². The molecule has 0 aromatic carbocycles. The molecule has 0 unspecified atom stereocenters. The Kier molecular flexibility index (Phi) is 17.4. The lowest BCUT2D eigenvalue weighted by Gasteiger charge is -2.17. The average Bonchev–Trinajstić information content (AvgIpc) is 2.52. The summed E-state index contributed by atoms with van der Waals surface area (Å²) < 4.78 is 5.68. The molecule has 0 spiro atoms. The first-order chi connectivity index (χ1) is 10.3. The van der Waals surface area contributed by atoms with Crippen LogP contribution in [0.5, 0.6) is 0 Å². The average molecular weight is 337 g/mol. The molecule has 0 rings (SSSR count). The van der Waals surface area contributed by atoms with Gasteiger partial charge in [0.2, 0.25) is 0 Å². The molecule has 0 atom stereocenters. The Hall–Kier alpha value is 0.580. The molecule has 0 fully saturated rings. The summed E-state index contributed by atoms with van der Waals surface area (Å²) in [4.78, 5) is 4.95. The molecule has 0 saturated carbocycles. The first-order valence-electron chi connectivity index (χ1n) is 8.46. The summed E-state index contributed by atoms with van der Waals surface area (Å²) in [5.74, 6) is 4.71. The summed E-state index contributed by atoms with van der Waals surface area (Å²) in [5.41, 5.74) is 0. The minimum Gasteiger partial charge on any atom is -0.380 e. The van der Waals surface area contributed by atoms with Crippen molar-refractivity contribution in [2.75, 3.05) is 75.5 Å². The van der Waals surface area contributed by atoms with Gasteiger partial charge in [-0.2, -0.15) is 23.5 Å². The van der Waals surface area contributed by atoms with Gasteiger partial charge in [-0.3, -0.25) is 0 Å². The summed E-state index contributed by atoms with van der Waals surface area (Å²) in [6, 6.07) is 0. The van der Waals surface area contributed by atoms with Crippen molar-refractivity contribution in [3.05, 3.63) is 0 Å². The quantitative estimate of drug-likeness (QED) is 0.401. The van der Waals surface area contributed by atoms with Gasteiger partial charge in [0.1, 0.15) is 0 Å². The molecule has 5 heteroatoms. The van der Waals surface area contributed by atoms with E-state index >= 15 is 0 Å². The standard InChI is InChI=1S/C16H36N2OS2/c1-5-17(6-2)9-13-20-15-11-19-12-16-21-14-10-18(7-3)8-4/h5-16H2,1-4H3. The van der Waals surface area contributed by atoms with E-state index in [0.29, 0.717) is 0 Å². The maximum absolute atomic E-state index is 5.68. The van der Waals surface area contributed by atoms with Crippen molar-refractivity contribution in [1.29, 1.82) is 0 Å². The minimum absolute atomic E-state index is 0.902. The van der Waals surface area contributed by atoms with Gasteiger partial charge in [-0.05, 0) is 26.2 Å². The first kappa shape index (κ1) is 21.6. The van der Waals surface area contributed by atoms with Gasteiger partial charge in [0, 0.05) is 36.1 Å². The second kappa shape index (κ2) is 16.9. The molecule has 0 aromatic heterocycles. The van der Waals surface area contributed by atoms with E-state index < -0.39 is 0 Å². The zero-order chi connectivity index (χ0) is 15.8. The molecule has 3 nitrogen and oxygen atoms in total. The Bertz CT molecular complexity index is 181. The first-order valence-corrected chi connectivity index (χ1v) is 10.8. The summed E-state index contributed by atoms with van der Waals surface area (Å²) in [6.07, 6.45) is 0. The number of hydrogen-bond acceptors (Lipinski definition) is 5. The molecule has 0 aliphatic heterocycles. The Labute approximate surface area is 141 Å². The highest BCUT2D eigenvalue weighted by Gasteiger charge is 1.99. The summed E-state index contributed by atoms with van der Waals surface area (Å²) in [5, 5.41) is 0. The number of thioether (sulfide) groups is 2. The van der Waals surface area contributed by atoms with Crippen molar-refractivity contribution < 1.29 is 4.74 Å². The van der Waals surface area contributed by atoms with Crippen LogP contribution in [-0.4, -0.2) is 85.3 Å². The lowest BCUT2D eigenvalue weighted by atomic mass is 10.5. The fraction of sp³-hybridized carbons (Fsp3) is 1.00. The highest BCUT2D eigenvalue weighted by atomic mass is 32.2. The van der Waals surface area contributed by atoms with Crippen LogP contribution < -0.4 is 0 Å². The molecule has 0 heterocycles. The fourth-order valence-electron chi connectivity index (χ4n) is 2.01. The van der Waals surface area contributed by atoms with Gasteiger partial charge >= 0.3 is 0 Å². The molecule has 0 saturated heterocycles. The van der Waals surface area contributed by atoms with Crippen LogP contribution in [0.3, 0.4) is 0 Å². The van der Waals surface area contributed by atoms with E-state index in [9.17, 15) is 0 Å². The second-order valence-electron chi connectivity index (χ2n) is 4.89. The molecule has 0 radical (unpaired) electrons. The Morgan fingerprint density at radius 3 is 1.33 bits per heavy atom. The topological polar surface area (TPSA) is 15.7 Å². The molecule has 0 bridgehead atoms. The Morgan fingerprint density at radius 1 is 0.619 bits per heavy atom. The SMILES string of the molecule is CCN(CC)CCSCCOCCSCCN(CC)CC. The van der Waals surface area contributed by atoms with Crippen molar-refractivity contribution in [1.82, 2.24) is 9.80 Å². The molecule has 128 valence electrons. The zero-order valence-corrected chi connectivity index (χ0v) is 16.2. The van der Waals surface area contributed by atoms with Gasteiger partial charge in [-0.1, -0.05) is 27.7 Å². The van der Waals surface area contributed by atoms with E-state index in [4.69, 9.17) is 4.74 Å². The van der Waals surface area contributed by atoms with E-state index in [0.717, 1.165) is 50.9 Å². The van der Waals surface area contributed by atoms with Gasteiger partial charge in [0.25, 0.3) is 0 Å². The normalized spacial score (nSPS) is 11.7. The van der Waals surface area contributed by atoms with Crippen molar-refractivity contribution >= 4 is 23.5 Å². The largest absolute Gasteiger partial charge is 0.380 e. The van der Waals surface area contributed by atoms with Crippen LogP contribution in [0.25, 0.3) is 0 Å². The second-order valence-corrected chi connectivity index (χ2v) is 7.34. The molecular formula is C16H36N2OS2. The number of ether oxygens (including phenoxy) is 1. The minimum atomic E-state index is 0.902. The van der Waals surface area contributed by atoms with Gasteiger partial charge in [-0.25, -0.2) is 0 Å². The molecule has 0 aliphatic carbocycles. The van der Waals surface area contributed by atoms with Crippen molar-refractivity contribution in [3.63, 3.8) is 0 Å². The van der Waals surface area contributed by atoms with Crippen molar-refractivity contribution in [3.8, 4) is 0 Å². The van der Waals surface area contributed by atoms with Crippen LogP contribution in [-0.2, 0) is 4.74 Å². The number of rotatable bonds is 16. The van der Waals surface area contributed by atoms with Crippen LogP contribution in [0.1, 0.15) is 27.7 Å². The smallest absolute Gasteiger partial charge is 0.0557 e.